The number of hydrogen-bond donors (Lipinski definition) is 0. The quantitative estimate of drug-likeness (QED) is 0.376. The second kappa shape index (κ2) is 11.3. The second-order valence-corrected chi connectivity index (χ2v) is 11.8. The number of rotatable bonds is 6. The van der Waals surface area contributed by atoms with Crippen LogP contribution in [0.1, 0.15) is 52.9 Å². The van der Waals surface area contributed by atoms with Gasteiger partial charge in [0, 0.05) is 49.8 Å². The molecule has 0 unspecified atom stereocenters. The molecule has 3 aliphatic heterocycles. The largest absolute Gasteiger partial charge is 0.490 e. The number of benzene rings is 1. The van der Waals surface area contributed by atoms with Gasteiger partial charge in [-0.05, 0) is 87.5 Å². The summed E-state index contributed by atoms with van der Waals surface area (Å²) < 4.78 is 18.9. The molecule has 0 N–H and O–H groups in total. The molecule has 1 aromatic carbocycles. The van der Waals surface area contributed by atoms with Crippen molar-refractivity contribution in [3.8, 4) is 11.8 Å². The molecule has 4 heterocycles. The first-order valence-electron chi connectivity index (χ1n) is 14.0. The van der Waals surface area contributed by atoms with E-state index in [1.165, 1.54) is 24.7 Å². The molecule has 11 nitrogen and oxygen atoms in total. The number of fused-ring (bicyclic) bond motifs is 1. The van der Waals surface area contributed by atoms with Crippen LogP contribution in [0.3, 0.4) is 0 Å². The third-order valence-electron chi connectivity index (χ3n) is 7.91. The highest BCUT2D eigenvalue weighted by atomic mass is 16.6. The third-order valence-corrected chi connectivity index (χ3v) is 7.91. The maximum Gasteiger partial charge on any atom is 0.414 e. The van der Waals surface area contributed by atoms with E-state index in [4.69, 9.17) is 14.2 Å². The highest BCUT2D eigenvalue weighted by Crippen LogP contribution is 2.34. The number of nitro groups is 1. The number of anilines is 1. The van der Waals surface area contributed by atoms with Gasteiger partial charge in [-0.1, -0.05) is 0 Å². The molecule has 3 aliphatic rings. The molecule has 11 heteroatoms. The molecule has 2 saturated heterocycles. The number of ether oxygens (including phenoxy) is 3. The minimum atomic E-state index is -0.512. The van der Waals surface area contributed by atoms with Crippen LogP contribution in [0.25, 0.3) is 0 Å². The molecule has 0 radical (unpaired) electrons. The van der Waals surface area contributed by atoms with Gasteiger partial charge < -0.3 is 34.1 Å². The maximum atomic E-state index is 12.4. The van der Waals surface area contributed by atoms with E-state index < -0.39 is 10.5 Å². The Bertz CT molecular complexity index is 1140. The third kappa shape index (κ3) is 6.75. The van der Waals surface area contributed by atoms with Crippen molar-refractivity contribution >= 4 is 17.6 Å². The zero-order valence-electron chi connectivity index (χ0n) is 23.1. The van der Waals surface area contributed by atoms with E-state index in [1.54, 1.807) is 4.57 Å². The second-order valence-electron chi connectivity index (χ2n) is 11.8. The van der Waals surface area contributed by atoms with Crippen LogP contribution in [-0.4, -0.2) is 70.0 Å². The number of likely N-dealkylation sites (tertiary alicyclic amines) is 1. The van der Waals surface area contributed by atoms with Crippen molar-refractivity contribution in [3.05, 3.63) is 40.6 Å². The first kappa shape index (κ1) is 27.1. The molecular weight excluding hydrogens is 502 g/mol. The summed E-state index contributed by atoms with van der Waals surface area (Å²) in [6.45, 7) is 10.3. The highest BCUT2D eigenvalue weighted by Gasteiger charge is 2.33. The standard InChI is InChI=1S/C28H39N5O6/c1-28(2,3)39-27(34)31-15-10-21(11-16-31)20-8-13-30(14-9-20)22-4-6-23(7-5-22)37-19-24-12-17-32-18-25(33(35)36)29-26(32)38-24/h4-7,18,20-21,24H,8-17,19H2,1-3H3/t24-/m1/s1. The van der Waals surface area contributed by atoms with Gasteiger partial charge in [0.1, 0.15) is 30.3 Å². The number of imidazole rings is 1. The van der Waals surface area contributed by atoms with Gasteiger partial charge in [-0.25, -0.2) is 4.79 Å². The van der Waals surface area contributed by atoms with Crippen LogP contribution in [0.5, 0.6) is 11.8 Å². The van der Waals surface area contributed by atoms with E-state index in [-0.39, 0.29) is 24.0 Å². The number of amides is 1. The SMILES string of the molecule is CC(C)(C)OC(=O)N1CCC(C2CCN(c3ccc(OC[C@H]4CCn5cc([N+](=O)[O-])nc5O4)cc3)CC2)CC1. The van der Waals surface area contributed by atoms with Crippen LogP contribution in [0.2, 0.25) is 0 Å². The fourth-order valence-corrected chi connectivity index (χ4v) is 5.79. The minimum Gasteiger partial charge on any atom is -0.490 e. The van der Waals surface area contributed by atoms with Crippen molar-refractivity contribution < 1.29 is 23.9 Å². The first-order valence-corrected chi connectivity index (χ1v) is 14.0. The van der Waals surface area contributed by atoms with Gasteiger partial charge >= 0.3 is 17.9 Å². The van der Waals surface area contributed by atoms with E-state index in [2.05, 4.69) is 22.0 Å². The number of carbonyl (C=O) groups excluding carboxylic acids is 1. The number of nitrogens with zero attached hydrogens (tertiary/aromatic N) is 5. The van der Waals surface area contributed by atoms with E-state index in [0.717, 1.165) is 44.8 Å². The van der Waals surface area contributed by atoms with Gasteiger partial charge in [-0.15, -0.1) is 0 Å². The molecule has 1 aromatic heterocycles. The van der Waals surface area contributed by atoms with Crippen molar-refractivity contribution in [2.45, 2.75) is 71.1 Å². The van der Waals surface area contributed by atoms with Crippen LogP contribution in [0.15, 0.2) is 30.5 Å². The van der Waals surface area contributed by atoms with Gasteiger partial charge in [0.2, 0.25) is 0 Å². The normalized spacial score (nSPS) is 20.7. The summed E-state index contributed by atoms with van der Waals surface area (Å²) in [4.78, 5) is 31.0. The Balaban J connectivity index is 1.04. The average Bonchev–Trinajstić information content (AvgIpc) is 3.36. The Labute approximate surface area is 229 Å². The van der Waals surface area contributed by atoms with Crippen molar-refractivity contribution in [2.75, 3.05) is 37.7 Å². The number of piperidine rings is 2. The Morgan fingerprint density at radius 2 is 1.67 bits per heavy atom. The Morgan fingerprint density at radius 1 is 1.03 bits per heavy atom. The molecule has 0 saturated carbocycles. The summed E-state index contributed by atoms with van der Waals surface area (Å²) >= 11 is 0. The summed E-state index contributed by atoms with van der Waals surface area (Å²) in [5.41, 5.74) is 0.747. The number of carbonyl (C=O) groups is 1. The van der Waals surface area contributed by atoms with Crippen molar-refractivity contribution in [3.63, 3.8) is 0 Å². The lowest BCUT2D eigenvalue weighted by Gasteiger charge is -2.41. The van der Waals surface area contributed by atoms with Gasteiger partial charge in [-0.2, -0.15) is 0 Å². The van der Waals surface area contributed by atoms with Crippen molar-refractivity contribution in [1.82, 2.24) is 14.5 Å². The van der Waals surface area contributed by atoms with Crippen molar-refractivity contribution in [2.24, 2.45) is 11.8 Å². The number of hydrogen-bond acceptors (Lipinski definition) is 8. The highest BCUT2D eigenvalue weighted by molar-refractivity contribution is 5.68. The molecule has 2 fully saturated rings. The van der Waals surface area contributed by atoms with Crippen molar-refractivity contribution in [1.29, 1.82) is 0 Å². The molecule has 5 rings (SSSR count). The predicted molar refractivity (Wildman–Crippen MR) is 145 cm³/mol. The predicted octanol–water partition coefficient (Wildman–Crippen LogP) is 4.88. The fraction of sp³-hybridized carbons (Fsp3) is 0.643. The summed E-state index contributed by atoms with van der Waals surface area (Å²) in [6.07, 6.45) is 6.17. The zero-order chi connectivity index (χ0) is 27.6. The van der Waals surface area contributed by atoms with Crippen LogP contribution < -0.4 is 14.4 Å². The zero-order valence-corrected chi connectivity index (χ0v) is 23.1. The van der Waals surface area contributed by atoms with Crippen LogP contribution in [0.4, 0.5) is 16.3 Å². The fourth-order valence-electron chi connectivity index (χ4n) is 5.79. The van der Waals surface area contributed by atoms with E-state index in [1.807, 2.05) is 37.8 Å². The maximum absolute atomic E-state index is 12.4. The lowest BCUT2D eigenvalue weighted by Crippen LogP contribution is -2.44. The monoisotopic (exact) mass is 541 g/mol. The minimum absolute atomic E-state index is 0.187. The van der Waals surface area contributed by atoms with Crippen LogP contribution >= 0.6 is 0 Å². The van der Waals surface area contributed by atoms with Crippen LogP contribution in [-0.2, 0) is 11.3 Å². The number of aromatic nitrogens is 2. The molecule has 1 atom stereocenters. The van der Waals surface area contributed by atoms with Crippen LogP contribution in [0, 0.1) is 22.0 Å². The topological polar surface area (TPSA) is 112 Å². The van der Waals surface area contributed by atoms with E-state index >= 15 is 0 Å². The first-order chi connectivity index (χ1) is 18.6. The van der Waals surface area contributed by atoms with E-state index in [0.29, 0.717) is 31.4 Å². The average molecular weight is 542 g/mol. The summed E-state index contributed by atoms with van der Waals surface area (Å²) in [6, 6.07) is 8.46. The van der Waals surface area contributed by atoms with E-state index in [9.17, 15) is 14.9 Å². The van der Waals surface area contributed by atoms with Gasteiger partial charge in [-0.3, -0.25) is 4.57 Å². The molecule has 1 amide bonds. The lowest BCUT2D eigenvalue weighted by molar-refractivity contribution is -0.389. The molecule has 2 aromatic rings. The molecular formula is C28H39N5O6. The summed E-state index contributed by atoms with van der Waals surface area (Å²) in [5.74, 6) is 1.95. The Morgan fingerprint density at radius 3 is 2.28 bits per heavy atom. The summed E-state index contributed by atoms with van der Waals surface area (Å²) in [7, 11) is 0. The number of aryl methyl sites for hydroxylation is 1. The van der Waals surface area contributed by atoms with Gasteiger partial charge in [0.05, 0.1) is 0 Å². The Hall–Kier alpha value is -3.50. The smallest absolute Gasteiger partial charge is 0.414 e. The molecule has 212 valence electrons. The molecule has 39 heavy (non-hydrogen) atoms. The molecule has 0 aliphatic carbocycles. The summed E-state index contributed by atoms with van der Waals surface area (Å²) in [5, 5.41) is 10.9. The Kier molecular flexibility index (Phi) is 7.86. The van der Waals surface area contributed by atoms with Gasteiger partial charge in [0.15, 0.2) is 0 Å². The lowest BCUT2D eigenvalue weighted by atomic mass is 9.79. The van der Waals surface area contributed by atoms with Gasteiger partial charge in [0.25, 0.3) is 0 Å². The molecule has 0 spiro atoms. The molecule has 0 bridgehead atoms.